The molecule has 0 unspecified atom stereocenters. The van der Waals surface area contributed by atoms with Crippen molar-refractivity contribution in [3.8, 4) is 0 Å². The molecule has 0 aliphatic carbocycles. The third-order valence-corrected chi connectivity index (χ3v) is 3.02. The van der Waals surface area contributed by atoms with Crippen LogP contribution in [0.5, 0.6) is 0 Å². The summed E-state index contributed by atoms with van der Waals surface area (Å²) >= 11 is 13.1. The molecule has 0 saturated carbocycles. The van der Waals surface area contributed by atoms with Gasteiger partial charge in [0.25, 0.3) is 0 Å². The fourth-order valence-corrected chi connectivity index (χ4v) is 1.50. The number of hydrogen-bond donors (Lipinski definition) is 1. The summed E-state index contributed by atoms with van der Waals surface area (Å²) in [5.41, 5.74) is 0.943. The Balaban J connectivity index is 2.79. The zero-order chi connectivity index (χ0) is 9.84. The van der Waals surface area contributed by atoms with Crippen molar-refractivity contribution in [1.82, 2.24) is 0 Å². The number of rotatable bonds is 3. The Hall–Kier alpha value is 0.01000. The van der Waals surface area contributed by atoms with Crippen LogP contribution in [0.15, 0.2) is 23.1 Å². The van der Waals surface area contributed by atoms with Crippen molar-refractivity contribution in [2.24, 2.45) is 0 Å². The van der Waals surface area contributed by atoms with Crippen molar-refractivity contribution >= 4 is 45.9 Å². The summed E-state index contributed by atoms with van der Waals surface area (Å²) in [6.45, 7) is 0. The molecule has 1 nitrogen and oxygen atoms in total. The Morgan fingerprint density at radius 3 is 2.77 bits per heavy atom. The van der Waals surface area contributed by atoms with Crippen molar-refractivity contribution in [1.29, 1.82) is 0 Å². The first kappa shape index (κ1) is 11.1. The lowest BCUT2D eigenvalue weighted by molar-refractivity contribution is -0.115. The third kappa shape index (κ3) is 3.33. The van der Waals surface area contributed by atoms with E-state index >= 15 is 0 Å². The smallest absolute Gasteiger partial charge is 0.147 e. The van der Waals surface area contributed by atoms with Gasteiger partial charge in [-0.1, -0.05) is 33.6 Å². The van der Waals surface area contributed by atoms with Crippen LogP contribution >= 0.6 is 40.2 Å². The van der Waals surface area contributed by atoms with Crippen LogP contribution in [0.25, 0.3) is 0 Å². The number of halogens is 2. The summed E-state index contributed by atoms with van der Waals surface area (Å²) in [5, 5.41) is 0.996. The molecular formula is C9H8BrClOS. The van der Waals surface area contributed by atoms with Gasteiger partial charge in [-0.25, -0.2) is 0 Å². The number of hydrogen-bond acceptors (Lipinski definition) is 2. The van der Waals surface area contributed by atoms with Gasteiger partial charge < -0.3 is 0 Å². The molecule has 0 aliphatic heterocycles. The highest BCUT2D eigenvalue weighted by Gasteiger charge is 2.03. The monoisotopic (exact) mass is 278 g/mol. The molecule has 0 heterocycles. The number of benzene rings is 1. The normalized spacial score (nSPS) is 10.1. The summed E-state index contributed by atoms with van der Waals surface area (Å²) in [6, 6.07) is 5.40. The first-order chi connectivity index (χ1) is 6.13. The van der Waals surface area contributed by atoms with Crippen molar-refractivity contribution in [2.75, 3.05) is 5.33 Å². The third-order valence-electron chi connectivity index (χ3n) is 1.56. The molecule has 70 valence electrons. The molecule has 0 saturated heterocycles. The molecule has 0 aromatic heterocycles. The molecule has 0 fully saturated rings. The van der Waals surface area contributed by atoms with E-state index in [2.05, 4.69) is 28.6 Å². The lowest BCUT2D eigenvalue weighted by Crippen LogP contribution is -2.03. The number of carbonyl (C=O) groups is 1. The summed E-state index contributed by atoms with van der Waals surface area (Å²) in [7, 11) is 0. The maximum Gasteiger partial charge on any atom is 0.147 e. The van der Waals surface area contributed by atoms with Gasteiger partial charge in [0, 0.05) is 11.3 Å². The van der Waals surface area contributed by atoms with E-state index in [0.717, 1.165) is 5.56 Å². The number of ketones is 1. The summed E-state index contributed by atoms with van der Waals surface area (Å²) in [4.78, 5) is 11.8. The van der Waals surface area contributed by atoms with Crippen LogP contribution < -0.4 is 0 Å². The van der Waals surface area contributed by atoms with Crippen LogP contribution in [0.4, 0.5) is 0 Å². The fourth-order valence-electron chi connectivity index (χ4n) is 0.943. The van der Waals surface area contributed by atoms with Crippen LogP contribution in [0.3, 0.4) is 0 Å². The quantitative estimate of drug-likeness (QED) is 0.664. The average molecular weight is 280 g/mol. The Morgan fingerprint density at radius 2 is 2.23 bits per heavy atom. The fraction of sp³-hybridized carbons (Fsp3) is 0.222. The first-order valence-corrected chi connectivity index (χ1v) is 5.63. The Labute approximate surface area is 96.0 Å². The Bertz CT molecular complexity index is 327. The zero-order valence-corrected chi connectivity index (χ0v) is 9.99. The van der Waals surface area contributed by atoms with Gasteiger partial charge in [-0.2, -0.15) is 0 Å². The number of Topliss-reactive ketones (excluding diaryl/α,β-unsaturated/α-hetero) is 1. The maximum atomic E-state index is 11.1. The molecule has 13 heavy (non-hydrogen) atoms. The van der Waals surface area contributed by atoms with E-state index < -0.39 is 0 Å². The molecule has 1 aromatic carbocycles. The van der Waals surface area contributed by atoms with Gasteiger partial charge in [-0.05, 0) is 17.7 Å². The second-order valence-corrected chi connectivity index (χ2v) is 4.08. The summed E-state index contributed by atoms with van der Waals surface area (Å²) < 4.78 is 0. The van der Waals surface area contributed by atoms with Crippen LogP contribution in [0.1, 0.15) is 5.56 Å². The number of thiol groups is 1. The average Bonchev–Trinajstić information content (AvgIpc) is 2.11. The van der Waals surface area contributed by atoms with Gasteiger partial charge in [0.05, 0.1) is 10.4 Å². The van der Waals surface area contributed by atoms with Gasteiger partial charge in [0.15, 0.2) is 0 Å². The second-order valence-electron chi connectivity index (χ2n) is 2.63. The van der Waals surface area contributed by atoms with Gasteiger partial charge >= 0.3 is 0 Å². The minimum absolute atomic E-state index is 0.148. The van der Waals surface area contributed by atoms with E-state index in [0.29, 0.717) is 21.7 Å². The molecule has 1 aromatic rings. The minimum atomic E-state index is 0.148. The molecule has 0 bridgehead atoms. The van der Waals surface area contributed by atoms with Crippen molar-refractivity contribution in [3.05, 3.63) is 28.8 Å². The SMILES string of the molecule is O=C(CBr)Cc1ccc(Cl)c(S)c1. The predicted molar refractivity (Wildman–Crippen MR) is 61.2 cm³/mol. The van der Waals surface area contributed by atoms with Crippen molar-refractivity contribution < 1.29 is 4.79 Å². The van der Waals surface area contributed by atoms with E-state index in [9.17, 15) is 4.79 Å². The predicted octanol–water partition coefficient (Wildman–Crippen LogP) is 3.14. The lowest BCUT2D eigenvalue weighted by atomic mass is 10.1. The Morgan fingerprint density at radius 1 is 1.54 bits per heavy atom. The first-order valence-electron chi connectivity index (χ1n) is 3.68. The van der Waals surface area contributed by atoms with Gasteiger partial charge in [-0.15, -0.1) is 12.6 Å². The molecule has 0 amide bonds. The number of alkyl halides is 1. The highest BCUT2D eigenvalue weighted by Crippen LogP contribution is 2.21. The maximum absolute atomic E-state index is 11.1. The largest absolute Gasteiger partial charge is 0.298 e. The van der Waals surface area contributed by atoms with Crippen LogP contribution in [-0.2, 0) is 11.2 Å². The van der Waals surface area contributed by atoms with E-state index in [1.165, 1.54) is 0 Å². The van der Waals surface area contributed by atoms with E-state index in [-0.39, 0.29) is 5.78 Å². The van der Waals surface area contributed by atoms with Crippen LogP contribution in [0.2, 0.25) is 5.02 Å². The Kier molecular flexibility index (Phi) is 4.29. The van der Waals surface area contributed by atoms with Crippen LogP contribution in [-0.4, -0.2) is 11.1 Å². The highest BCUT2D eigenvalue weighted by atomic mass is 79.9. The highest BCUT2D eigenvalue weighted by molar-refractivity contribution is 9.09. The summed E-state index contributed by atoms with van der Waals surface area (Å²) in [6.07, 6.45) is 0.427. The standard InChI is InChI=1S/C9H8BrClOS/c10-5-7(12)3-6-1-2-8(11)9(13)4-6/h1-2,4,13H,3,5H2. The molecule has 0 radical (unpaired) electrons. The van der Waals surface area contributed by atoms with Crippen molar-refractivity contribution in [3.63, 3.8) is 0 Å². The zero-order valence-electron chi connectivity index (χ0n) is 6.76. The summed E-state index contributed by atoms with van der Waals surface area (Å²) in [5.74, 6) is 0.148. The van der Waals surface area contributed by atoms with E-state index in [1.807, 2.05) is 12.1 Å². The molecule has 0 atom stereocenters. The topological polar surface area (TPSA) is 17.1 Å². The minimum Gasteiger partial charge on any atom is -0.298 e. The molecule has 0 aliphatic rings. The molecule has 0 N–H and O–H groups in total. The lowest BCUT2D eigenvalue weighted by Gasteiger charge is -2.01. The van der Waals surface area contributed by atoms with E-state index in [4.69, 9.17) is 11.6 Å². The van der Waals surface area contributed by atoms with E-state index in [1.54, 1.807) is 6.07 Å². The molecular weight excluding hydrogens is 272 g/mol. The second kappa shape index (κ2) is 5.03. The molecule has 0 spiro atoms. The molecule has 1 rings (SSSR count). The van der Waals surface area contributed by atoms with Gasteiger partial charge in [-0.3, -0.25) is 4.79 Å². The van der Waals surface area contributed by atoms with Crippen molar-refractivity contribution in [2.45, 2.75) is 11.3 Å². The number of carbonyl (C=O) groups excluding carboxylic acids is 1. The molecule has 4 heteroatoms. The van der Waals surface area contributed by atoms with Gasteiger partial charge in [0.2, 0.25) is 0 Å². The van der Waals surface area contributed by atoms with Gasteiger partial charge in [0.1, 0.15) is 5.78 Å². The van der Waals surface area contributed by atoms with Crippen LogP contribution in [0, 0.1) is 0 Å².